The van der Waals surface area contributed by atoms with E-state index < -0.39 is 93.1 Å². The van der Waals surface area contributed by atoms with E-state index in [9.17, 15) is 127 Å². The van der Waals surface area contributed by atoms with Crippen LogP contribution in [0.2, 0.25) is 0 Å². The Morgan fingerprint density at radius 1 is 0.348 bits per heavy atom. The van der Waals surface area contributed by atoms with E-state index in [0.29, 0.717) is 6.92 Å². The Balaban J connectivity index is 7.56. The molecule has 3 nitrogen and oxygen atoms in total. The van der Waals surface area contributed by atoms with Crippen molar-refractivity contribution in [3.05, 3.63) is 0 Å². The van der Waals surface area contributed by atoms with Gasteiger partial charge in [-0.1, -0.05) is 6.92 Å². The molecule has 278 valence electrons. The molecule has 0 aliphatic carbocycles. The second-order valence-corrected chi connectivity index (χ2v) is 10.1. The van der Waals surface area contributed by atoms with Gasteiger partial charge in [-0.25, -0.2) is 13.1 Å². The summed E-state index contributed by atoms with van der Waals surface area (Å²) in [7, 11) is -7.56. The predicted octanol–water partition coefficient (Wildman–Crippen LogP) is 8.07. The van der Waals surface area contributed by atoms with Crippen LogP contribution in [0.15, 0.2) is 0 Å². The molecule has 0 spiro atoms. The Morgan fingerprint density at radius 3 is 0.696 bits per heavy atom. The molecule has 0 saturated carbocycles. The molecule has 0 heterocycles. The van der Waals surface area contributed by atoms with E-state index in [1.54, 1.807) is 0 Å². The maximum atomic E-state index is 13.7. The molecule has 0 aromatic rings. The molecule has 0 aliphatic rings. The molecule has 0 aromatic heterocycles. The molecule has 31 heteroatoms. The van der Waals surface area contributed by atoms with Gasteiger partial charge in [0.15, 0.2) is 0 Å². The van der Waals surface area contributed by atoms with E-state index in [1.807, 2.05) is 0 Å². The number of rotatable bonds is 14. The molecule has 0 atom stereocenters. The van der Waals surface area contributed by atoms with E-state index in [1.165, 1.54) is 0 Å². The SMILES string of the molecule is CCNS(=O)(=O)C(F)(F)C(F)(F)C(F)(F)C(F)(F)C(F)(F)C(F)(F)C(F)(F)C(F)(F)C(F)(F)C(F)(F)C(F)(F)C(F)(F)C(F)(F)F. The third kappa shape index (κ3) is 4.99. The molecule has 0 radical (unpaired) electrons. The summed E-state index contributed by atoms with van der Waals surface area (Å²) in [5.74, 6) is -104. The van der Waals surface area contributed by atoms with Gasteiger partial charge in [-0.3, -0.25) is 0 Å². The van der Waals surface area contributed by atoms with Crippen molar-refractivity contribution in [2.75, 3.05) is 6.54 Å². The van der Waals surface area contributed by atoms with E-state index in [-0.39, 0.29) is 4.72 Å². The summed E-state index contributed by atoms with van der Waals surface area (Å²) in [5, 5.41) is -7.94. The third-order valence-corrected chi connectivity index (χ3v) is 6.94. The standard InChI is InChI=1S/C15H6F27NO2S/c1-2-43-46(44,45)15(41,42)13(36,37)11(32,33)9(28,29)7(24,25)5(20,21)3(16,17)4(18,19)6(22,23)8(26,27)10(30,31)12(34,35)14(38,39)40/h43H,2H2,1H3. The van der Waals surface area contributed by atoms with E-state index in [0.717, 1.165) is 0 Å². The molecular formula is C15H6F27NO2S. The Hall–Kier alpha value is -1.98. The molecule has 0 aromatic carbocycles. The molecule has 0 unspecified atom stereocenters. The van der Waals surface area contributed by atoms with Gasteiger partial charge in [-0.05, 0) is 0 Å². The Kier molecular flexibility index (Phi) is 10.3. The monoisotopic (exact) mass is 777 g/mol. The van der Waals surface area contributed by atoms with Crippen LogP contribution in [-0.2, 0) is 10.0 Å². The second kappa shape index (κ2) is 10.8. The molecule has 0 aliphatic heterocycles. The summed E-state index contributed by atoms with van der Waals surface area (Å²) in [6.45, 7) is -1.28. The summed E-state index contributed by atoms with van der Waals surface area (Å²) in [5.41, 5.74) is 0. The van der Waals surface area contributed by atoms with Crippen molar-refractivity contribution >= 4 is 10.0 Å². The molecule has 0 rings (SSSR count). The van der Waals surface area contributed by atoms with Gasteiger partial charge in [0.1, 0.15) is 0 Å². The van der Waals surface area contributed by atoms with Gasteiger partial charge in [0.05, 0.1) is 0 Å². The number of hydrogen-bond donors (Lipinski definition) is 1. The van der Waals surface area contributed by atoms with Crippen LogP contribution in [-0.4, -0.2) is 91.5 Å². The molecule has 0 saturated heterocycles. The van der Waals surface area contributed by atoms with Crippen molar-refractivity contribution in [1.29, 1.82) is 0 Å². The summed E-state index contributed by atoms with van der Waals surface area (Å²) < 4.78 is 382. The lowest BCUT2D eigenvalue weighted by Gasteiger charge is -2.46. The predicted molar refractivity (Wildman–Crippen MR) is 88.0 cm³/mol. The first-order valence-corrected chi connectivity index (χ1v) is 11.4. The van der Waals surface area contributed by atoms with Crippen molar-refractivity contribution < 1.29 is 127 Å². The molecule has 0 fully saturated rings. The zero-order valence-electron chi connectivity index (χ0n) is 20.1. The lowest BCUT2D eigenvalue weighted by Crippen LogP contribution is -2.79. The molecular weight excluding hydrogens is 771 g/mol. The largest absolute Gasteiger partial charge is 0.460 e. The van der Waals surface area contributed by atoms with Crippen molar-refractivity contribution in [2.24, 2.45) is 0 Å². The van der Waals surface area contributed by atoms with Crippen LogP contribution in [0.3, 0.4) is 0 Å². The highest BCUT2D eigenvalue weighted by Crippen LogP contribution is 2.68. The number of hydrogen-bond acceptors (Lipinski definition) is 2. The van der Waals surface area contributed by atoms with Crippen molar-refractivity contribution in [1.82, 2.24) is 4.72 Å². The van der Waals surface area contributed by atoms with Gasteiger partial charge in [-0.15, -0.1) is 0 Å². The van der Waals surface area contributed by atoms with Crippen LogP contribution in [0, 0.1) is 0 Å². The van der Waals surface area contributed by atoms with Crippen molar-refractivity contribution in [2.45, 2.75) is 83.5 Å². The van der Waals surface area contributed by atoms with Crippen LogP contribution >= 0.6 is 0 Å². The zero-order chi connectivity index (χ0) is 38.4. The first-order chi connectivity index (χ1) is 19.3. The minimum Gasteiger partial charge on any atom is -0.210 e. The Morgan fingerprint density at radius 2 is 0.522 bits per heavy atom. The van der Waals surface area contributed by atoms with E-state index >= 15 is 0 Å². The highest BCUT2D eigenvalue weighted by molar-refractivity contribution is 7.90. The molecule has 46 heavy (non-hydrogen) atoms. The third-order valence-electron chi connectivity index (χ3n) is 5.34. The van der Waals surface area contributed by atoms with E-state index in [4.69, 9.17) is 0 Å². The van der Waals surface area contributed by atoms with Gasteiger partial charge in [0.25, 0.3) is 10.0 Å². The Bertz CT molecular complexity index is 1230. The summed E-state index contributed by atoms with van der Waals surface area (Å²) in [4.78, 5) is 0. The van der Waals surface area contributed by atoms with Crippen molar-refractivity contribution in [3.8, 4) is 0 Å². The maximum Gasteiger partial charge on any atom is 0.460 e. The number of alkyl halides is 27. The second-order valence-electron chi connectivity index (χ2n) is 8.33. The van der Waals surface area contributed by atoms with Crippen molar-refractivity contribution in [3.63, 3.8) is 0 Å². The molecule has 1 N–H and O–H groups in total. The van der Waals surface area contributed by atoms with Crippen LogP contribution in [0.4, 0.5) is 119 Å². The molecule has 0 amide bonds. The number of halogens is 27. The average molecular weight is 777 g/mol. The summed E-state index contributed by atoms with van der Waals surface area (Å²) in [6, 6.07) is 0. The lowest BCUT2D eigenvalue weighted by atomic mass is 9.84. The minimum absolute atomic E-state index is 0.137. The fraction of sp³-hybridized carbons (Fsp3) is 1.00. The molecule has 0 bridgehead atoms. The lowest BCUT2D eigenvalue weighted by molar-refractivity contribution is -0.483. The topological polar surface area (TPSA) is 46.2 Å². The maximum absolute atomic E-state index is 13.7. The van der Waals surface area contributed by atoms with Gasteiger partial charge < -0.3 is 0 Å². The van der Waals surface area contributed by atoms with E-state index in [2.05, 4.69) is 0 Å². The fourth-order valence-corrected chi connectivity index (χ4v) is 3.61. The van der Waals surface area contributed by atoms with Crippen LogP contribution in [0.25, 0.3) is 0 Å². The quantitative estimate of drug-likeness (QED) is 0.182. The van der Waals surface area contributed by atoms with Crippen LogP contribution < -0.4 is 4.72 Å². The first-order valence-electron chi connectivity index (χ1n) is 9.90. The van der Waals surface area contributed by atoms with Gasteiger partial charge >= 0.3 is 76.6 Å². The fourth-order valence-electron chi connectivity index (χ4n) is 2.58. The van der Waals surface area contributed by atoms with Gasteiger partial charge in [0.2, 0.25) is 0 Å². The highest BCUT2D eigenvalue weighted by Gasteiger charge is 3.00. The minimum atomic E-state index is -9.88. The van der Waals surface area contributed by atoms with Gasteiger partial charge in [-0.2, -0.15) is 119 Å². The summed E-state index contributed by atoms with van der Waals surface area (Å²) in [6.07, 6.45) is -8.27. The zero-order valence-corrected chi connectivity index (χ0v) is 21.0. The van der Waals surface area contributed by atoms with Crippen LogP contribution in [0.5, 0.6) is 0 Å². The number of nitrogens with one attached hydrogen (secondary N) is 1. The summed E-state index contributed by atoms with van der Waals surface area (Å²) >= 11 is 0. The normalized spacial score (nSPS) is 17.0. The van der Waals surface area contributed by atoms with Crippen LogP contribution in [0.1, 0.15) is 6.92 Å². The first kappa shape index (κ1) is 44.0. The highest BCUT2D eigenvalue weighted by atomic mass is 32.2. The Labute approximate surface area is 233 Å². The number of sulfonamides is 1. The smallest absolute Gasteiger partial charge is 0.210 e. The van der Waals surface area contributed by atoms with Gasteiger partial charge in [0, 0.05) is 6.54 Å². The average Bonchev–Trinajstić information content (AvgIpc) is 2.81.